The lowest BCUT2D eigenvalue weighted by atomic mass is 10.3. The van der Waals surface area contributed by atoms with Gasteiger partial charge in [0.25, 0.3) is 0 Å². The highest BCUT2D eigenvalue weighted by Gasteiger charge is 2.08. The number of hydrogen-bond donors (Lipinski definition) is 1. The average molecular weight is 202 g/mol. The van der Waals surface area contributed by atoms with Crippen molar-refractivity contribution in [2.24, 2.45) is 5.73 Å². The van der Waals surface area contributed by atoms with E-state index < -0.39 is 0 Å². The molecule has 0 heterocycles. The number of nitrogens with zero attached hydrogens (tertiary/aromatic N) is 1. The summed E-state index contributed by atoms with van der Waals surface area (Å²) in [6.07, 6.45) is 0.301. The Morgan fingerprint density at radius 3 is 2.43 bits per heavy atom. The molecule has 0 saturated carbocycles. The molecule has 0 atom stereocenters. The van der Waals surface area contributed by atoms with Gasteiger partial charge in [-0.25, -0.2) is 0 Å². The molecular formula is C9H18N2O3. The van der Waals surface area contributed by atoms with Gasteiger partial charge in [-0.3, -0.25) is 14.5 Å². The van der Waals surface area contributed by atoms with Gasteiger partial charge in [-0.1, -0.05) is 6.92 Å². The van der Waals surface area contributed by atoms with Crippen LogP contribution in [0.4, 0.5) is 0 Å². The molecule has 5 heteroatoms. The molecule has 0 rings (SSSR count). The first-order valence-electron chi connectivity index (χ1n) is 4.76. The molecule has 0 radical (unpaired) electrons. The monoisotopic (exact) mass is 202 g/mol. The molecule has 0 aliphatic heterocycles. The Morgan fingerprint density at radius 1 is 1.36 bits per heavy atom. The van der Waals surface area contributed by atoms with Gasteiger partial charge in [0.15, 0.2) is 0 Å². The summed E-state index contributed by atoms with van der Waals surface area (Å²) in [5, 5.41) is 0. The Balaban J connectivity index is 3.71. The Morgan fingerprint density at radius 2 is 2.00 bits per heavy atom. The second kappa shape index (κ2) is 7.32. The molecule has 0 unspecified atom stereocenters. The van der Waals surface area contributed by atoms with Crippen LogP contribution in [0.15, 0.2) is 0 Å². The number of likely N-dealkylation sites (N-methyl/N-ethyl adjacent to an activating group) is 1. The molecule has 0 aliphatic carbocycles. The van der Waals surface area contributed by atoms with E-state index >= 15 is 0 Å². The molecule has 82 valence electrons. The van der Waals surface area contributed by atoms with Gasteiger partial charge in [0.05, 0.1) is 19.6 Å². The second-order valence-electron chi connectivity index (χ2n) is 2.89. The third-order valence-electron chi connectivity index (χ3n) is 1.76. The zero-order valence-corrected chi connectivity index (χ0v) is 8.78. The van der Waals surface area contributed by atoms with Crippen LogP contribution in [0.3, 0.4) is 0 Å². The van der Waals surface area contributed by atoms with Crippen LogP contribution in [0.5, 0.6) is 0 Å². The van der Waals surface area contributed by atoms with E-state index in [0.717, 1.165) is 0 Å². The molecule has 0 bridgehead atoms. The molecule has 14 heavy (non-hydrogen) atoms. The standard InChI is InChI=1S/C9H18N2O3/c1-3-11(7-8(10)12)6-5-9(13)14-4-2/h3-7H2,1-2H3,(H2,10,12). The van der Waals surface area contributed by atoms with Crippen LogP contribution in [-0.2, 0) is 14.3 Å². The molecule has 0 aromatic rings. The maximum Gasteiger partial charge on any atom is 0.307 e. The Labute approximate surface area is 84.2 Å². The number of hydrogen-bond acceptors (Lipinski definition) is 4. The molecule has 2 N–H and O–H groups in total. The van der Waals surface area contributed by atoms with E-state index in [9.17, 15) is 9.59 Å². The fourth-order valence-corrected chi connectivity index (χ4v) is 1.05. The van der Waals surface area contributed by atoms with Crippen LogP contribution >= 0.6 is 0 Å². The number of carbonyl (C=O) groups is 2. The third-order valence-corrected chi connectivity index (χ3v) is 1.76. The highest BCUT2D eigenvalue weighted by atomic mass is 16.5. The van der Waals surface area contributed by atoms with Crippen LogP contribution in [0.1, 0.15) is 20.3 Å². The van der Waals surface area contributed by atoms with Gasteiger partial charge in [-0.15, -0.1) is 0 Å². The summed E-state index contributed by atoms with van der Waals surface area (Å²) < 4.78 is 4.76. The third kappa shape index (κ3) is 6.42. The molecule has 5 nitrogen and oxygen atoms in total. The minimum Gasteiger partial charge on any atom is -0.466 e. The van der Waals surface area contributed by atoms with E-state index in [1.54, 1.807) is 11.8 Å². The van der Waals surface area contributed by atoms with Crippen LogP contribution in [0.2, 0.25) is 0 Å². The van der Waals surface area contributed by atoms with E-state index in [1.807, 2.05) is 6.92 Å². The summed E-state index contributed by atoms with van der Waals surface area (Å²) in [7, 11) is 0. The number of primary amides is 1. The molecular weight excluding hydrogens is 184 g/mol. The number of carbonyl (C=O) groups excluding carboxylic acids is 2. The van der Waals surface area contributed by atoms with Crippen molar-refractivity contribution in [3.05, 3.63) is 0 Å². The van der Waals surface area contributed by atoms with Gasteiger partial charge >= 0.3 is 5.97 Å². The van der Waals surface area contributed by atoms with Crippen molar-refractivity contribution in [1.82, 2.24) is 4.90 Å². The van der Waals surface area contributed by atoms with E-state index in [-0.39, 0.29) is 18.4 Å². The number of amides is 1. The smallest absolute Gasteiger partial charge is 0.307 e. The molecule has 0 spiro atoms. The number of rotatable bonds is 7. The Kier molecular flexibility index (Phi) is 6.74. The summed E-state index contributed by atoms with van der Waals surface area (Å²) in [6, 6.07) is 0. The molecule has 0 fully saturated rings. The quantitative estimate of drug-likeness (QED) is 0.578. The minimum atomic E-state index is -0.379. The first kappa shape index (κ1) is 12.9. The van der Waals surface area contributed by atoms with Gasteiger partial charge in [0.1, 0.15) is 0 Å². The van der Waals surface area contributed by atoms with Crippen molar-refractivity contribution in [3.63, 3.8) is 0 Å². The summed E-state index contributed by atoms with van der Waals surface area (Å²) in [5.41, 5.74) is 5.04. The topological polar surface area (TPSA) is 72.6 Å². The van der Waals surface area contributed by atoms with E-state index in [1.165, 1.54) is 0 Å². The van der Waals surface area contributed by atoms with Crippen molar-refractivity contribution in [2.75, 3.05) is 26.2 Å². The molecule has 0 aromatic carbocycles. The van der Waals surface area contributed by atoms with Crippen LogP contribution < -0.4 is 5.73 Å². The van der Waals surface area contributed by atoms with E-state index in [0.29, 0.717) is 26.1 Å². The zero-order chi connectivity index (χ0) is 11.0. The maximum atomic E-state index is 11.0. The number of esters is 1. The van der Waals surface area contributed by atoms with Crippen molar-refractivity contribution < 1.29 is 14.3 Å². The van der Waals surface area contributed by atoms with Crippen molar-refractivity contribution >= 4 is 11.9 Å². The van der Waals surface area contributed by atoms with Crippen LogP contribution in [0.25, 0.3) is 0 Å². The first-order valence-corrected chi connectivity index (χ1v) is 4.76. The van der Waals surface area contributed by atoms with Crippen molar-refractivity contribution in [3.8, 4) is 0 Å². The fourth-order valence-electron chi connectivity index (χ4n) is 1.05. The summed E-state index contributed by atoms with van der Waals surface area (Å²) in [4.78, 5) is 23.4. The largest absolute Gasteiger partial charge is 0.466 e. The lowest BCUT2D eigenvalue weighted by molar-refractivity contribution is -0.143. The van der Waals surface area contributed by atoms with Crippen LogP contribution in [0, 0.1) is 0 Å². The number of nitrogens with two attached hydrogens (primary N) is 1. The average Bonchev–Trinajstić information content (AvgIpc) is 2.12. The van der Waals surface area contributed by atoms with Crippen LogP contribution in [-0.4, -0.2) is 43.0 Å². The zero-order valence-electron chi connectivity index (χ0n) is 8.78. The lowest BCUT2D eigenvalue weighted by Gasteiger charge is -2.17. The fraction of sp³-hybridized carbons (Fsp3) is 0.778. The highest BCUT2D eigenvalue weighted by Crippen LogP contribution is 1.93. The predicted octanol–water partition coefficient (Wildman–Crippen LogP) is -0.253. The maximum absolute atomic E-state index is 11.0. The van der Waals surface area contributed by atoms with Gasteiger partial charge < -0.3 is 10.5 Å². The van der Waals surface area contributed by atoms with Gasteiger partial charge in [0, 0.05) is 6.54 Å². The molecule has 0 saturated heterocycles. The lowest BCUT2D eigenvalue weighted by Crippen LogP contribution is -2.35. The molecule has 0 aliphatic rings. The first-order chi connectivity index (χ1) is 6.60. The highest BCUT2D eigenvalue weighted by molar-refractivity contribution is 5.76. The summed E-state index contributed by atoms with van der Waals surface area (Å²) in [6.45, 7) is 5.46. The molecule has 0 aromatic heterocycles. The van der Waals surface area contributed by atoms with Gasteiger partial charge in [0.2, 0.25) is 5.91 Å². The number of ether oxygens (including phenoxy) is 1. The van der Waals surface area contributed by atoms with Crippen molar-refractivity contribution in [1.29, 1.82) is 0 Å². The SMILES string of the molecule is CCOC(=O)CCN(CC)CC(N)=O. The van der Waals surface area contributed by atoms with Gasteiger partial charge in [-0.2, -0.15) is 0 Å². The van der Waals surface area contributed by atoms with Gasteiger partial charge in [-0.05, 0) is 13.5 Å². The Bertz CT molecular complexity index is 194. The van der Waals surface area contributed by atoms with E-state index in [4.69, 9.17) is 10.5 Å². The second-order valence-corrected chi connectivity index (χ2v) is 2.89. The van der Waals surface area contributed by atoms with Crippen molar-refractivity contribution in [2.45, 2.75) is 20.3 Å². The summed E-state index contributed by atoms with van der Waals surface area (Å²) >= 11 is 0. The predicted molar refractivity (Wildman–Crippen MR) is 52.6 cm³/mol. The molecule has 1 amide bonds. The normalized spacial score (nSPS) is 10.2. The van der Waals surface area contributed by atoms with E-state index in [2.05, 4.69) is 0 Å². The Hall–Kier alpha value is -1.10. The summed E-state index contributed by atoms with van der Waals surface area (Å²) in [5.74, 6) is -0.619. The minimum absolute atomic E-state index is 0.190.